The predicted molar refractivity (Wildman–Crippen MR) is 62.8 cm³/mol. The molecule has 1 aromatic rings. The van der Waals surface area contributed by atoms with Gasteiger partial charge in [0.05, 0.1) is 6.61 Å². The number of carboxylic acid groups (broad SMARTS) is 1. The molecule has 94 valence electrons. The molecule has 2 N–H and O–H groups in total. The summed E-state index contributed by atoms with van der Waals surface area (Å²) < 4.78 is 16.7. The molecular formula is C11H15O5P. The summed E-state index contributed by atoms with van der Waals surface area (Å²) in [6.07, 6.45) is 0. The summed E-state index contributed by atoms with van der Waals surface area (Å²) >= 11 is 0. The summed E-state index contributed by atoms with van der Waals surface area (Å²) in [7, 11) is -4.22. The van der Waals surface area contributed by atoms with E-state index in [1.165, 1.54) is 13.8 Å². The monoisotopic (exact) mass is 258 g/mol. The Morgan fingerprint density at radius 3 is 2.35 bits per heavy atom. The van der Waals surface area contributed by atoms with Crippen LogP contribution in [0.25, 0.3) is 0 Å². The van der Waals surface area contributed by atoms with Crippen molar-refractivity contribution < 1.29 is 23.9 Å². The van der Waals surface area contributed by atoms with Crippen LogP contribution in [0.4, 0.5) is 0 Å². The van der Waals surface area contributed by atoms with Crippen molar-refractivity contribution in [1.82, 2.24) is 0 Å². The quantitative estimate of drug-likeness (QED) is 0.791. The fourth-order valence-corrected chi connectivity index (χ4v) is 1.91. The fourth-order valence-electron chi connectivity index (χ4n) is 1.02. The largest absolute Gasteiger partial charge is 0.480 e. The zero-order valence-corrected chi connectivity index (χ0v) is 10.6. The van der Waals surface area contributed by atoms with Gasteiger partial charge in [0.2, 0.25) is 0 Å². The Morgan fingerprint density at radius 1 is 1.35 bits per heavy atom. The average molecular weight is 258 g/mol. The molecule has 0 aliphatic heterocycles. The Labute approximate surface area is 99.6 Å². The maximum Gasteiger partial charge on any atom is 0.345 e. The van der Waals surface area contributed by atoms with E-state index < -0.39 is 18.7 Å². The lowest BCUT2D eigenvalue weighted by Crippen LogP contribution is -2.32. The molecule has 5 nitrogen and oxygen atoms in total. The molecule has 0 bridgehead atoms. The van der Waals surface area contributed by atoms with E-state index >= 15 is 0 Å². The van der Waals surface area contributed by atoms with Gasteiger partial charge in [-0.2, -0.15) is 0 Å². The SMILES string of the molecule is CC(C)(C(=O)O)P(=O)(O)OCc1ccccc1. The summed E-state index contributed by atoms with van der Waals surface area (Å²) in [5, 5.41) is 7.04. The van der Waals surface area contributed by atoms with Crippen LogP contribution < -0.4 is 0 Å². The van der Waals surface area contributed by atoms with E-state index in [1.54, 1.807) is 24.3 Å². The number of aliphatic carboxylic acids is 1. The van der Waals surface area contributed by atoms with Crippen molar-refractivity contribution in [1.29, 1.82) is 0 Å². The average Bonchev–Trinajstić information content (AvgIpc) is 2.27. The molecule has 0 aromatic heterocycles. The Hall–Kier alpha value is -1.16. The van der Waals surface area contributed by atoms with Gasteiger partial charge in [-0.1, -0.05) is 30.3 Å². The molecule has 1 rings (SSSR count). The van der Waals surface area contributed by atoms with Gasteiger partial charge in [0.15, 0.2) is 5.16 Å². The Morgan fingerprint density at radius 2 is 1.88 bits per heavy atom. The summed E-state index contributed by atoms with van der Waals surface area (Å²) in [5.41, 5.74) is 0.711. The summed E-state index contributed by atoms with van der Waals surface area (Å²) in [6, 6.07) is 8.80. The first-order chi connectivity index (χ1) is 7.77. The minimum absolute atomic E-state index is 0.0919. The van der Waals surface area contributed by atoms with Crippen LogP contribution in [0.2, 0.25) is 0 Å². The Kier molecular flexibility index (Phi) is 4.09. The first kappa shape index (κ1) is 13.9. The first-order valence-electron chi connectivity index (χ1n) is 5.02. The first-order valence-corrected chi connectivity index (χ1v) is 6.60. The molecule has 17 heavy (non-hydrogen) atoms. The van der Waals surface area contributed by atoms with Crippen LogP contribution in [0, 0.1) is 0 Å². The van der Waals surface area contributed by atoms with Crippen molar-refractivity contribution >= 4 is 13.6 Å². The van der Waals surface area contributed by atoms with Gasteiger partial charge in [-0.15, -0.1) is 0 Å². The molecule has 1 atom stereocenters. The highest BCUT2D eigenvalue weighted by Gasteiger charge is 2.47. The van der Waals surface area contributed by atoms with E-state index in [4.69, 9.17) is 9.63 Å². The normalized spacial score (nSPS) is 15.2. The van der Waals surface area contributed by atoms with E-state index in [0.717, 1.165) is 0 Å². The summed E-state index contributed by atoms with van der Waals surface area (Å²) in [6.45, 7) is 2.24. The zero-order valence-electron chi connectivity index (χ0n) is 9.66. The molecule has 0 heterocycles. The highest BCUT2D eigenvalue weighted by atomic mass is 31.2. The molecule has 0 aliphatic rings. The van der Waals surface area contributed by atoms with E-state index in [1.807, 2.05) is 6.07 Å². The Bertz CT molecular complexity index is 440. The van der Waals surface area contributed by atoms with Crippen molar-refractivity contribution in [3.8, 4) is 0 Å². The fraction of sp³-hybridized carbons (Fsp3) is 0.364. The van der Waals surface area contributed by atoms with Crippen molar-refractivity contribution in [2.45, 2.75) is 25.6 Å². The van der Waals surface area contributed by atoms with Gasteiger partial charge in [-0.25, -0.2) is 0 Å². The molecule has 0 radical (unpaired) electrons. The Balaban J connectivity index is 2.75. The topological polar surface area (TPSA) is 83.8 Å². The lowest BCUT2D eigenvalue weighted by atomic mass is 10.2. The van der Waals surface area contributed by atoms with Gasteiger partial charge in [0, 0.05) is 0 Å². The van der Waals surface area contributed by atoms with E-state index in [-0.39, 0.29) is 6.61 Å². The van der Waals surface area contributed by atoms with Crippen LogP contribution in [0.5, 0.6) is 0 Å². The third-order valence-corrected chi connectivity index (χ3v) is 4.56. The van der Waals surface area contributed by atoms with Gasteiger partial charge in [-0.05, 0) is 19.4 Å². The molecule has 0 saturated heterocycles. The van der Waals surface area contributed by atoms with Crippen molar-refractivity contribution in [2.75, 3.05) is 0 Å². The van der Waals surface area contributed by atoms with E-state index in [2.05, 4.69) is 0 Å². The standard InChI is InChI=1S/C11H15O5P/c1-11(2,10(12)13)17(14,15)16-8-9-6-4-3-5-7-9/h3-7H,8H2,1-2H3,(H,12,13)(H,14,15). The molecule has 0 saturated carbocycles. The molecule has 0 aliphatic carbocycles. The van der Waals surface area contributed by atoms with Gasteiger partial charge in [0.1, 0.15) is 0 Å². The van der Waals surface area contributed by atoms with Gasteiger partial charge >= 0.3 is 13.6 Å². The van der Waals surface area contributed by atoms with E-state index in [9.17, 15) is 14.3 Å². The van der Waals surface area contributed by atoms with Crippen molar-refractivity contribution in [3.05, 3.63) is 35.9 Å². The number of carbonyl (C=O) groups is 1. The number of rotatable bonds is 5. The van der Waals surface area contributed by atoms with Crippen LogP contribution in [0.15, 0.2) is 30.3 Å². The molecule has 0 fully saturated rings. The van der Waals surface area contributed by atoms with Gasteiger partial charge < -0.3 is 14.5 Å². The van der Waals surface area contributed by atoms with E-state index in [0.29, 0.717) is 5.56 Å². The third kappa shape index (κ3) is 3.16. The third-order valence-electron chi connectivity index (χ3n) is 2.48. The zero-order chi connectivity index (χ0) is 13.1. The highest BCUT2D eigenvalue weighted by molar-refractivity contribution is 7.55. The van der Waals surface area contributed by atoms with Crippen molar-refractivity contribution in [2.24, 2.45) is 0 Å². The van der Waals surface area contributed by atoms with Crippen LogP contribution in [0.1, 0.15) is 19.4 Å². The second kappa shape index (κ2) is 5.00. The number of carboxylic acids is 1. The van der Waals surface area contributed by atoms with Crippen LogP contribution >= 0.6 is 7.60 Å². The van der Waals surface area contributed by atoms with Gasteiger partial charge in [-0.3, -0.25) is 9.36 Å². The summed E-state index contributed by atoms with van der Waals surface area (Å²) in [5.74, 6) is -1.36. The number of hydrogen-bond donors (Lipinski definition) is 2. The van der Waals surface area contributed by atoms with Crippen LogP contribution in [0.3, 0.4) is 0 Å². The summed E-state index contributed by atoms with van der Waals surface area (Å²) in [4.78, 5) is 20.5. The van der Waals surface area contributed by atoms with Gasteiger partial charge in [0.25, 0.3) is 0 Å². The van der Waals surface area contributed by atoms with Crippen molar-refractivity contribution in [3.63, 3.8) is 0 Å². The number of hydrogen-bond acceptors (Lipinski definition) is 3. The molecule has 1 aromatic carbocycles. The van der Waals surface area contributed by atoms with Crippen LogP contribution in [-0.2, 0) is 20.5 Å². The molecule has 1 unspecified atom stereocenters. The molecule has 0 spiro atoms. The maximum atomic E-state index is 11.8. The minimum atomic E-state index is -4.22. The molecule has 6 heteroatoms. The number of benzene rings is 1. The predicted octanol–water partition coefficient (Wildman–Crippen LogP) is 2.25. The molecular weight excluding hydrogens is 243 g/mol. The minimum Gasteiger partial charge on any atom is -0.480 e. The second-order valence-electron chi connectivity index (χ2n) is 4.14. The molecule has 0 amide bonds. The lowest BCUT2D eigenvalue weighted by molar-refractivity contribution is -0.139. The smallest absolute Gasteiger partial charge is 0.345 e. The lowest BCUT2D eigenvalue weighted by Gasteiger charge is -2.25. The highest BCUT2D eigenvalue weighted by Crippen LogP contribution is 2.55. The maximum absolute atomic E-state index is 11.8. The second-order valence-corrected chi connectivity index (χ2v) is 6.56. The van der Waals surface area contributed by atoms with Crippen LogP contribution in [-0.4, -0.2) is 21.1 Å².